The van der Waals surface area contributed by atoms with Gasteiger partial charge in [-0.1, -0.05) is 11.6 Å². The minimum atomic E-state index is -0.0677. The number of hydrogen-bond acceptors (Lipinski definition) is 4. The highest BCUT2D eigenvalue weighted by atomic mass is 16.2. The van der Waals surface area contributed by atoms with E-state index in [9.17, 15) is 9.59 Å². The molecule has 2 N–H and O–H groups in total. The summed E-state index contributed by atoms with van der Waals surface area (Å²) in [4.78, 5) is 30.8. The van der Waals surface area contributed by atoms with Crippen molar-refractivity contribution in [1.82, 2.24) is 20.5 Å². The van der Waals surface area contributed by atoms with Crippen LogP contribution in [0.15, 0.2) is 18.2 Å². The lowest BCUT2D eigenvalue weighted by Crippen LogP contribution is -2.48. The van der Waals surface area contributed by atoms with Gasteiger partial charge in [-0.3, -0.25) is 19.5 Å². The smallest absolute Gasteiger partial charge is 0.252 e. The van der Waals surface area contributed by atoms with Crippen LogP contribution in [0.3, 0.4) is 0 Å². The molecule has 2 aromatic rings. The number of benzene rings is 1. The van der Waals surface area contributed by atoms with E-state index in [-0.39, 0.29) is 11.8 Å². The van der Waals surface area contributed by atoms with Gasteiger partial charge >= 0.3 is 0 Å². The minimum Gasteiger partial charge on any atom is -0.354 e. The molecule has 0 bridgehead atoms. The molecule has 1 aliphatic rings. The molecule has 26 heavy (non-hydrogen) atoms. The normalized spacial score (nSPS) is 15.1. The molecule has 0 saturated carbocycles. The van der Waals surface area contributed by atoms with E-state index < -0.39 is 0 Å². The Morgan fingerprint density at radius 2 is 2.08 bits per heavy atom. The first-order valence-electron chi connectivity index (χ1n) is 9.10. The molecule has 6 heteroatoms. The molecule has 0 radical (unpaired) electrons. The van der Waals surface area contributed by atoms with Gasteiger partial charge in [0.2, 0.25) is 5.91 Å². The molecule has 0 aliphatic carbocycles. The largest absolute Gasteiger partial charge is 0.354 e. The van der Waals surface area contributed by atoms with E-state index in [2.05, 4.69) is 26.6 Å². The van der Waals surface area contributed by atoms with E-state index in [4.69, 9.17) is 0 Å². The molecule has 0 spiro atoms. The molecular formula is C20H26N4O2. The Hall–Kier alpha value is -2.47. The van der Waals surface area contributed by atoms with Crippen LogP contribution < -0.4 is 10.6 Å². The molecule has 1 aromatic heterocycles. The molecule has 6 nitrogen and oxygen atoms in total. The number of nitrogens with zero attached hydrogens (tertiary/aromatic N) is 2. The van der Waals surface area contributed by atoms with Gasteiger partial charge in [-0.2, -0.15) is 0 Å². The van der Waals surface area contributed by atoms with Crippen LogP contribution in [-0.2, 0) is 4.79 Å². The van der Waals surface area contributed by atoms with Crippen LogP contribution in [0.1, 0.15) is 33.6 Å². The average Bonchev–Trinajstić information content (AvgIpc) is 2.59. The number of aryl methyl sites for hydroxylation is 3. The lowest BCUT2D eigenvalue weighted by molar-refractivity contribution is -0.124. The molecule has 1 aromatic carbocycles. The first-order valence-corrected chi connectivity index (χ1v) is 9.10. The van der Waals surface area contributed by atoms with Crippen molar-refractivity contribution >= 4 is 22.7 Å². The molecule has 0 unspecified atom stereocenters. The summed E-state index contributed by atoms with van der Waals surface area (Å²) in [6.45, 7) is 9.38. The fraction of sp³-hybridized carbons (Fsp3) is 0.450. The topological polar surface area (TPSA) is 74.3 Å². The monoisotopic (exact) mass is 354 g/mol. The summed E-state index contributed by atoms with van der Waals surface area (Å²) in [5.74, 6) is 0.00615. The molecular weight excluding hydrogens is 328 g/mol. The van der Waals surface area contributed by atoms with Gasteiger partial charge in [0.1, 0.15) is 0 Å². The zero-order valence-electron chi connectivity index (χ0n) is 15.7. The van der Waals surface area contributed by atoms with Crippen LogP contribution in [0.2, 0.25) is 0 Å². The predicted molar refractivity (Wildman–Crippen MR) is 102 cm³/mol. The maximum atomic E-state index is 12.7. The third-order valence-electron chi connectivity index (χ3n) is 4.68. The second-order valence-corrected chi connectivity index (χ2v) is 7.02. The third kappa shape index (κ3) is 4.19. The van der Waals surface area contributed by atoms with E-state index in [1.54, 1.807) is 0 Å². The van der Waals surface area contributed by atoms with Gasteiger partial charge in [0, 0.05) is 37.3 Å². The van der Waals surface area contributed by atoms with Gasteiger partial charge in [0.25, 0.3) is 5.91 Å². The quantitative estimate of drug-likeness (QED) is 0.802. The highest BCUT2D eigenvalue weighted by Crippen LogP contribution is 2.23. The second kappa shape index (κ2) is 7.83. The Kier molecular flexibility index (Phi) is 5.52. The van der Waals surface area contributed by atoms with Crippen molar-refractivity contribution in [2.45, 2.75) is 27.2 Å². The Morgan fingerprint density at radius 1 is 1.27 bits per heavy atom. The Labute approximate surface area is 154 Å². The predicted octanol–water partition coefficient (Wildman–Crippen LogP) is 1.71. The number of piperazine rings is 1. The maximum Gasteiger partial charge on any atom is 0.252 e. The molecule has 2 amide bonds. The second-order valence-electron chi connectivity index (χ2n) is 7.02. The van der Waals surface area contributed by atoms with E-state index in [0.717, 1.165) is 47.2 Å². The fourth-order valence-corrected chi connectivity index (χ4v) is 3.48. The van der Waals surface area contributed by atoms with Crippen molar-refractivity contribution in [1.29, 1.82) is 0 Å². The lowest BCUT2D eigenvalue weighted by Gasteiger charge is -2.26. The summed E-state index contributed by atoms with van der Waals surface area (Å²) in [7, 11) is 0. The van der Waals surface area contributed by atoms with E-state index in [1.165, 1.54) is 0 Å². The molecule has 138 valence electrons. The fourth-order valence-electron chi connectivity index (χ4n) is 3.48. The van der Waals surface area contributed by atoms with Crippen LogP contribution in [0.4, 0.5) is 0 Å². The molecule has 1 saturated heterocycles. The number of amides is 2. The SMILES string of the molecule is Cc1cc(C)c2nc(C)cc(C(=O)NCCCN3CCNC(=O)C3)c2c1. The summed E-state index contributed by atoms with van der Waals surface area (Å²) in [6.07, 6.45) is 0.819. The molecule has 0 atom stereocenters. The maximum absolute atomic E-state index is 12.7. The highest BCUT2D eigenvalue weighted by Gasteiger charge is 2.16. The summed E-state index contributed by atoms with van der Waals surface area (Å²) >= 11 is 0. The summed E-state index contributed by atoms with van der Waals surface area (Å²) in [5, 5.41) is 6.73. The molecule has 1 aliphatic heterocycles. The van der Waals surface area contributed by atoms with Gasteiger partial charge in [-0.25, -0.2) is 0 Å². The number of rotatable bonds is 5. The van der Waals surface area contributed by atoms with Crippen molar-refractivity contribution in [3.05, 3.63) is 40.6 Å². The van der Waals surface area contributed by atoms with Crippen molar-refractivity contribution in [3.8, 4) is 0 Å². The van der Waals surface area contributed by atoms with E-state index in [1.807, 2.05) is 32.9 Å². The third-order valence-corrected chi connectivity index (χ3v) is 4.68. The number of nitrogens with one attached hydrogen (secondary N) is 2. The van der Waals surface area contributed by atoms with Gasteiger partial charge in [-0.05, 0) is 44.9 Å². The number of carbonyl (C=O) groups excluding carboxylic acids is 2. The number of pyridine rings is 1. The lowest BCUT2D eigenvalue weighted by atomic mass is 10.0. The van der Waals surface area contributed by atoms with Gasteiger partial charge in [0.15, 0.2) is 0 Å². The standard InChI is InChI=1S/C20H26N4O2/c1-13-9-14(2)19-16(10-13)17(11-15(3)23-19)20(26)22-5-4-7-24-8-6-21-18(25)12-24/h9-11H,4-8,12H2,1-3H3,(H,21,25)(H,22,26). The van der Waals surface area contributed by atoms with E-state index >= 15 is 0 Å². The van der Waals surface area contributed by atoms with Crippen LogP contribution in [0, 0.1) is 20.8 Å². The van der Waals surface area contributed by atoms with Gasteiger partial charge < -0.3 is 10.6 Å². The Morgan fingerprint density at radius 3 is 2.85 bits per heavy atom. The van der Waals surface area contributed by atoms with Crippen LogP contribution in [0.5, 0.6) is 0 Å². The number of hydrogen-bond donors (Lipinski definition) is 2. The first-order chi connectivity index (χ1) is 12.4. The number of aromatic nitrogens is 1. The van der Waals surface area contributed by atoms with Crippen LogP contribution in [0.25, 0.3) is 10.9 Å². The van der Waals surface area contributed by atoms with Gasteiger partial charge in [-0.15, -0.1) is 0 Å². The number of carbonyl (C=O) groups is 2. The van der Waals surface area contributed by atoms with Crippen molar-refractivity contribution in [3.63, 3.8) is 0 Å². The molecule has 1 fully saturated rings. The molecule has 3 rings (SSSR count). The van der Waals surface area contributed by atoms with Crippen LogP contribution >= 0.6 is 0 Å². The number of fused-ring (bicyclic) bond motifs is 1. The highest BCUT2D eigenvalue weighted by molar-refractivity contribution is 6.07. The minimum absolute atomic E-state index is 0.0677. The van der Waals surface area contributed by atoms with Crippen molar-refractivity contribution < 1.29 is 9.59 Å². The van der Waals surface area contributed by atoms with Gasteiger partial charge in [0.05, 0.1) is 17.6 Å². The van der Waals surface area contributed by atoms with Crippen LogP contribution in [-0.4, -0.2) is 54.4 Å². The zero-order valence-corrected chi connectivity index (χ0v) is 15.7. The molecule has 2 heterocycles. The zero-order chi connectivity index (χ0) is 18.7. The summed E-state index contributed by atoms with van der Waals surface area (Å²) in [5.41, 5.74) is 4.62. The first kappa shape index (κ1) is 18.3. The summed E-state index contributed by atoms with van der Waals surface area (Å²) < 4.78 is 0. The van der Waals surface area contributed by atoms with Crippen molar-refractivity contribution in [2.75, 3.05) is 32.7 Å². The van der Waals surface area contributed by atoms with E-state index in [0.29, 0.717) is 25.2 Å². The van der Waals surface area contributed by atoms with Crippen molar-refractivity contribution in [2.24, 2.45) is 0 Å². The summed E-state index contributed by atoms with van der Waals surface area (Å²) in [6, 6.07) is 5.97. The average molecular weight is 354 g/mol. The Bertz CT molecular complexity index is 847. The Balaban J connectivity index is 1.65.